The first-order chi connectivity index (χ1) is 13.0. The predicted octanol–water partition coefficient (Wildman–Crippen LogP) is 2.56. The highest BCUT2D eigenvalue weighted by molar-refractivity contribution is 6.02. The number of aryl methyl sites for hydroxylation is 1. The molecule has 3 N–H and O–H groups in total. The second-order valence-corrected chi connectivity index (χ2v) is 7.04. The number of rotatable bonds is 6. The van der Waals surface area contributed by atoms with Crippen LogP contribution in [0.4, 0.5) is 10.6 Å². The van der Waals surface area contributed by atoms with E-state index in [0.29, 0.717) is 11.5 Å². The molecular weight excluding hydrogens is 348 g/mol. The summed E-state index contributed by atoms with van der Waals surface area (Å²) < 4.78 is 7.15. The Hall–Kier alpha value is -2.84. The van der Waals surface area contributed by atoms with Crippen molar-refractivity contribution in [2.45, 2.75) is 57.6 Å². The molecule has 0 saturated heterocycles. The minimum atomic E-state index is -0.358. The Bertz CT molecular complexity index is 799. The standard InChI is InChI=1S/C18H26N6O3/c1-4-11(2)20-18(26)27-13-6-5-12(7-13)14-8-16(23-22-14)21-17(25)15-9-19-10-24(15)3/h8-13H,4-7H2,1-3H3,(H,20,26)(H2,21,22,23,25)/t11-,12-,13+/m0/s1. The summed E-state index contributed by atoms with van der Waals surface area (Å²) in [5.41, 5.74) is 1.39. The lowest BCUT2D eigenvalue weighted by molar-refractivity contribution is 0.0972. The number of anilines is 1. The molecule has 1 saturated carbocycles. The van der Waals surface area contributed by atoms with Crippen LogP contribution in [-0.2, 0) is 11.8 Å². The van der Waals surface area contributed by atoms with Gasteiger partial charge >= 0.3 is 6.09 Å². The first kappa shape index (κ1) is 18.9. The van der Waals surface area contributed by atoms with E-state index in [2.05, 4.69) is 25.8 Å². The summed E-state index contributed by atoms with van der Waals surface area (Å²) in [7, 11) is 1.76. The Morgan fingerprint density at radius 2 is 2.26 bits per heavy atom. The van der Waals surface area contributed by atoms with Gasteiger partial charge in [-0.15, -0.1) is 0 Å². The lowest BCUT2D eigenvalue weighted by Crippen LogP contribution is -2.34. The third kappa shape index (κ3) is 4.66. The zero-order valence-electron chi connectivity index (χ0n) is 15.9. The first-order valence-electron chi connectivity index (χ1n) is 9.26. The molecule has 146 valence electrons. The Balaban J connectivity index is 1.52. The Morgan fingerprint density at radius 1 is 1.44 bits per heavy atom. The summed E-state index contributed by atoms with van der Waals surface area (Å²) in [5.74, 6) is 0.429. The zero-order valence-corrected chi connectivity index (χ0v) is 15.9. The largest absolute Gasteiger partial charge is 0.446 e. The summed E-state index contributed by atoms with van der Waals surface area (Å²) in [6.07, 6.45) is 5.94. The van der Waals surface area contributed by atoms with Crippen LogP contribution in [0, 0.1) is 0 Å². The predicted molar refractivity (Wildman–Crippen MR) is 99.5 cm³/mol. The zero-order chi connectivity index (χ0) is 19.4. The quantitative estimate of drug-likeness (QED) is 0.719. The molecule has 1 aliphatic rings. The number of nitrogens with one attached hydrogen (secondary N) is 3. The van der Waals surface area contributed by atoms with E-state index in [4.69, 9.17) is 4.74 Å². The van der Waals surface area contributed by atoms with E-state index < -0.39 is 0 Å². The molecule has 0 spiro atoms. The van der Waals surface area contributed by atoms with Crippen molar-refractivity contribution in [1.29, 1.82) is 0 Å². The van der Waals surface area contributed by atoms with Crippen LogP contribution < -0.4 is 10.6 Å². The van der Waals surface area contributed by atoms with E-state index in [1.807, 2.05) is 19.9 Å². The summed E-state index contributed by atoms with van der Waals surface area (Å²) >= 11 is 0. The minimum Gasteiger partial charge on any atom is -0.446 e. The molecule has 0 aliphatic heterocycles. The molecule has 27 heavy (non-hydrogen) atoms. The van der Waals surface area contributed by atoms with Crippen LogP contribution in [0.3, 0.4) is 0 Å². The fourth-order valence-electron chi connectivity index (χ4n) is 3.18. The highest BCUT2D eigenvalue weighted by Crippen LogP contribution is 2.35. The van der Waals surface area contributed by atoms with Crippen molar-refractivity contribution in [1.82, 2.24) is 25.1 Å². The molecule has 0 unspecified atom stereocenters. The second-order valence-electron chi connectivity index (χ2n) is 7.04. The third-order valence-electron chi connectivity index (χ3n) is 4.96. The summed E-state index contributed by atoms with van der Waals surface area (Å²) in [6, 6.07) is 1.94. The first-order valence-corrected chi connectivity index (χ1v) is 9.26. The number of ether oxygens (including phenoxy) is 1. The van der Waals surface area contributed by atoms with Crippen LogP contribution in [0.2, 0.25) is 0 Å². The highest BCUT2D eigenvalue weighted by Gasteiger charge is 2.30. The molecule has 2 aromatic heterocycles. The number of imidazole rings is 1. The van der Waals surface area contributed by atoms with Crippen LogP contribution in [0.5, 0.6) is 0 Å². The topological polar surface area (TPSA) is 114 Å². The van der Waals surface area contributed by atoms with Crippen molar-refractivity contribution in [3.8, 4) is 0 Å². The van der Waals surface area contributed by atoms with Gasteiger partial charge in [-0.1, -0.05) is 6.92 Å². The van der Waals surface area contributed by atoms with E-state index >= 15 is 0 Å². The smallest absolute Gasteiger partial charge is 0.407 e. The molecule has 9 heteroatoms. The van der Waals surface area contributed by atoms with E-state index in [1.165, 1.54) is 6.20 Å². The lowest BCUT2D eigenvalue weighted by Gasteiger charge is -2.16. The van der Waals surface area contributed by atoms with E-state index in [9.17, 15) is 9.59 Å². The third-order valence-corrected chi connectivity index (χ3v) is 4.96. The lowest BCUT2D eigenvalue weighted by atomic mass is 10.0. The maximum absolute atomic E-state index is 12.2. The van der Waals surface area contributed by atoms with E-state index in [-0.39, 0.29) is 30.1 Å². The number of nitrogens with zero attached hydrogens (tertiary/aromatic N) is 3. The maximum Gasteiger partial charge on any atom is 0.407 e. The number of H-pyrrole nitrogens is 1. The number of alkyl carbamates (subject to hydrolysis) is 1. The number of hydrogen-bond donors (Lipinski definition) is 3. The van der Waals surface area contributed by atoms with Crippen molar-refractivity contribution in [2.75, 3.05) is 5.32 Å². The fourth-order valence-corrected chi connectivity index (χ4v) is 3.18. The minimum absolute atomic E-state index is 0.102. The van der Waals surface area contributed by atoms with Gasteiger partial charge in [0.05, 0.1) is 12.5 Å². The molecule has 3 atom stereocenters. The van der Waals surface area contributed by atoms with Crippen molar-refractivity contribution in [3.63, 3.8) is 0 Å². The van der Waals surface area contributed by atoms with Gasteiger partial charge in [0.2, 0.25) is 0 Å². The highest BCUT2D eigenvalue weighted by atomic mass is 16.6. The molecule has 0 aromatic carbocycles. The molecule has 9 nitrogen and oxygen atoms in total. The molecule has 2 aromatic rings. The van der Waals surface area contributed by atoms with Crippen molar-refractivity contribution in [3.05, 3.63) is 30.0 Å². The fraction of sp³-hybridized carbons (Fsp3) is 0.556. The number of carbonyl (C=O) groups excluding carboxylic acids is 2. The Morgan fingerprint density at radius 3 is 2.96 bits per heavy atom. The summed E-state index contributed by atoms with van der Waals surface area (Å²) in [6.45, 7) is 3.96. The van der Waals surface area contributed by atoms with Gasteiger partial charge in [-0.3, -0.25) is 9.89 Å². The number of aromatic amines is 1. The van der Waals surface area contributed by atoms with Crippen LogP contribution in [0.1, 0.15) is 61.6 Å². The molecule has 3 rings (SSSR count). The summed E-state index contributed by atoms with van der Waals surface area (Å²) in [5, 5.41) is 12.7. The average Bonchev–Trinajstić information content (AvgIpc) is 3.35. The van der Waals surface area contributed by atoms with Crippen LogP contribution >= 0.6 is 0 Å². The van der Waals surface area contributed by atoms with Gasteiger partial charge in [0.15, 0.2) is 5.82 Å². The Labute approximate surface area is 157 Å². The molecule has 0 bridgehead atoms. The van der Waals surface area contributed by atoms with Gasteiger partial charge < -0.3 is 19.9 Å². The number of hydrogen-bond acceptors (Lipinski definition) is 5. The van der Waals surface area contributed by atoms with Crippen molar-refractivity contribution >= 4 is 17.8 Å². The Kier molecular flexibility index (Phi) is 5.78. The van der Waals surface area contributed by atoms with Crippen molar-refractivity contribution in [2.24, 2.45) is 7.05 Å². The maximum atomic E-state index is 12.2. The van der Waals surface area contributed by atoms with Gasteiger partial charge in [-0.2, -0.15) is 5.10 Å². The molecule has 0 radical (unpaired) electrons. The number of carbonyl (C=O) groups is 2. The van der Waals surface area contributed by atoms with Crippen molar-refractivity contribution < 1.29 is 14.3 Å². The molecule has 2 amide bonds. The van der Waals surface area contributed by atoms with Gasteiger partial charge in [-0.25, -0.2) is 9.78 Å². The molecule has 1 fully saturated rings. The van der Waals surface area contributed by atoms with E-state index in [1.54, 1.807) is 17.9 Å². The van der Waals surface area contributed by atoms with Crippen LogP contribution in [0.25, 0.3) is 0 Å². The number of aromatic nitrogens is 4. The van der Waals surface area contributed by atoms with Gasteiger partial charge in [0, 0.05) is 30.8 Å². The van der Waals surface area contributed by atoms with Gasteiger partial charge in [0.1, 0.15) is 11.8 Å². The molecule has 2 heterocycles. The van der Waals surface area contributed by atoms with Gasteiger partial charge in [-0.05, 0) is 32.6 Å². The normalized spacial score (nSPS) is 20.3. The SMILES string of the molecule is CC[C@H](C)NC(=O)O[C@@H]1CC[C@H](c2cc(NC(=O)c3cncn3C)n[nH]2)C1. The monoisotopic (exact) mass is 374 g/mol. The second kappa shape index (κ2) is 8.24. The summed E-state index contributed by atoms with van der Waals surface area (Å²) in [4.78, 5) is 28.0. The van der Waals surface area contributed by atoms with Gasteiger partial charge in [0.25, 0.3) is 5.91 Å². The number of amides is 2. The van der Waals surface area contributed by atoms with Crippen LogP contribution in [-0.4, -0.2) is 43.9 Å². The van der Waals surface area contributed by atoms with E-state index in [0.717, 1.165) is 31.4 Å². The average molecular weight is 374 g/mol. The van der Waals surface area contributed by atoms with Crippen LogP contribution in [0.15, 0.2) is 18.6 Å². The molecular formula is C18H26N6O3. The molecule has 1 aliphatic carbocycles.